The average Bonchev–Trinajstić information content (AvgIpc) is 2.12. The maximum atomic E-state index is 10.9. The molecule has 0 aliphatic heterocycles. The molecule has 0 heterocycles. The number of nitrogens with one attached hydrogen (secondary N) is 1. The molecule has 0 rings (SSSR count). The van der Waals surface area contributed by atoms with E-state index in [9.17, 15) is 4.79 Å². The smallest absolute Gasteiger partial charge is 0.217 e. The molecule has 1 amide bonds. The molecule has 5 heteroatoms. The third-order valence-electron chi connectivity index (χ3n) is 2.22. The largest absolute Gasteiger partial charge is 0.409 e. The molecular formula is C8H17N3O2. The van der Waals surface area contributed by atoms with E-state index < -0.39 is 5.54 Å². The minimum atomic E-state index is -0.708. The van der Waals surface area contributed by atoms with Gasteiger partial charge in [0.05, 0.1) is 0 Å². The van der Waals surface area contributed by atoms with Gasteiger partial charge in [0, 0.05) is 6.92 Å². The Kier molecular flexibility index (Phi) is 4.23. The van der Waals surface area contributed by atoms with Crippen molar-refractivity contribution >= 4 is 11.7 Å². The molecule has 0 spiro atoms. The maximum absolute atomic E-state index is 10.9. The Labute approximate surface area is 78.0 Å². The van der Waals surface area contributed by atoms with Crippen LogP contribution in [0.25, 0.3) is 0 Å². The van der Waals surface area contributed by atoms with Crippen LogP contribution in [0.5, 0.6) is 0 Å². The normalized spacial score (nSPS) is 12.7. The molecule has 0 aromatic heterocycles. The SMILES string of the molecule is CCC(CC)(NC(C)=O)/C(N)=N/O. The lowest BCUT2D eigenvalue weighted by molar-refractivity contribution is -0.120. The van der Waals surface area contributed by atoms with Crippen LogP contribution in [0.3, 0.4) is 0 Å². The van der Waals surface area contributed by atoms with Gasteiger partial charge in [-0.2, -0.15) is 0 Å². The number of amides is 1. The lowest BCUT2D eigenvalue weighted by atomic mass is 9.91. The van der Waals surface area contributed by atoms with Gasteiger partial charge in [0.2, 0.25) is 5.91 Å². The second-order valence-electron chi connectivity index (χ2n) is 2.96. The van der Waals surface area contributed by atoms with Crippen molar-refractivity contribution < 1.29 is 10.0 Å². The predicted molar refractivity (Wildman–Crippen MR) is 50.5 cm³/mol. The van der Waals surface area contributed by atoms with Gasteiger partial charge >= 0.3 is 0 Å². The van der Waals surface area contributed by atoms with Crippen LogP contribution in [0.1, 0.15) is 33.6 Å². The molecule has 0 saturated carbocycles. The quantitative estimate of drug-likeness (QED) is 0.258. The van der Waals surface area contributed by atoms with Gasteiger partial charge in [-0.1, -0.05) is 19.0 Å². The molecule has 76 valence electrons. The van der Waals surface area contributed by atoms with Crippen LogP contribution >= 0.6 is 0 Å². The van der Waals surface area contributed by atoms with E-state index in [0.29, 0.717) is 12.8 Å². The van der Waals surface area contributed by atoms with Crippen molar-refractivity contribution in [2.24, 2.45) is 10.9 Å². The summed E-state index contributed by atoms with van der Waals surface area (Å²) in [5.41, 5.74) is 4.80. The highest BCUT2D eigenvalue weighted by molar-refractivity contribution is 5.93. The Morgan fingerprint density at radius 3 is 2.23 bits per heavy atom. The van der Waals surface area contributed by atoms with Crippen molar-refractivity contribution in [2.45, 2.75) is 39.2 Å². The summed E-state index contributed by atoms with van der Waals surface area (Å²) >= 11 is 0. The van der Waals surface area contributed by atoms with Crippen molar-refractivity contribution in [3.05, 3.63) is 0 Å². The van der Waals surface area contributed by atoms with E-state index in [1.807, 2.05) is 13.8 Å². The van der Waals surface area contributed by atoms with E-state index in [1.165, 1.54) is 6.92 Å². The molecule has 4 N–H and O–H groups in total. The number of carbonyl (C=O) groups excluding carboxylic acids is 1. The molecule has 0 aliphatic carbocycles. The summed E-state index contributed by atoms with van der Waals surface area (Å²) in [6, 6.07) is 0. The van der Waals surface area contributed by atoms with Gasteiger partial charge < -0.3 is 16.3 Å². The number of rotatable bonds is 4. The Balaban J connectivity index is 4.79. The maximum Gasteiger partial charge on any atom is 0.217 e. The third-order valence-corrected chi connectivity index (χ3v) is 2.22. The van der Waals surface area contributed by atoms with E-state index in [2.05, 4.69) is 10.5 Å². The first-order valence-electron chi connectivity index (χ1n) is 4.29. The minimum Gasteiger partial charge on any atom is -0.409 e. The van der Waals surface area contributed by atoms with Crippen LogP contribution in [-0.4, -0.2) is 22.5 Å². The molecule has 13 heavy (non-hydrogen) atoms. The number of nitrogens with two attached hydrogens (primary N) is 1. The summed E-state index contributed by atoms with van der Waals surface area (Å²) in [6.07, 6.45) is 1.19. The van der Waals surface area contributed by atoms with Gasteiger partial charge in [-0.3, -0.25) is 4.79 Å². The number of carbonyl (C=O) groups is 1. The van der Waals surface area contributed by atoms with Crippen molar-refractivity contribution in [2.75, 3.05) is 0 Å². The summed E-state index contributed by atoms with van der Waals surface area (Å²) < 4.78 is 0. The molecule has 0 aromatic rings. The fourth-order valence-corrected chi connectivity index (χ4v) is 1.29. The van der Waals surface area contributed by atoms with Crippen molar-refractivity contribution in [1.29, 1.82) is 0 Å². The van der Waals surface area contributed by atoms with Gasteiger partial charge in [-0.05, 0) is 12.8 Å². The second-order valence-corrected chi connectivity index (χ2v) is 2.96. The Bertz CT molecular complexity index is 209. The van der Waals surface area contributed by atoms with Gasteiger partial charge in [-0.15, -0.1) is 0 Å². The summed E-state index contributed by atoms with van der Waals surface area (Å²) in [5.74, 6) is -0.136. The molecule has 0 atom stereocenters. The fraction of sp³-hybridized carbons (Fsp3) is 0.750. The molecule has 0 radical (unpaired) electrons. The summed E-state index contributed by atoms with van der Waals surface area (Å²) in [4.78, 5) is 10.9. The van der Waals surface area contributed by atoms with Gasteiger partial charge in [0.15, 0.2) is 5.84 Å². The first-order chi connectivity index (χ1) is 6.02. The number of nitrogens with zero attached hydrogens (tertiary/aromatic N) is 1. The first-order valence-corrected chi connectivity index (χ1v) is 4.29. The zero-order valence-electron chi connectivity index (χ0n) is 8.29. The van der Waals surface area contributed by atoms with Gasteiger partial charge in [0.1, 0.15) is 5.54 Å². The van der Waals surface area contributed by atoms with E-state index in [4.69, 9.17) is 10.9 Å². The molecule has 5 nitrogen and oxygen atoms in total. The highest BCUT2D eigenvalue weighted by atomic mass is 16.4. The summed E-state index contributed by atoms with van der Waals surface area (Å²) in [7, 11) is 0. The fourth-order valence-electron chi connectivity index (χ4n) is 1.29. The standard InChI is InChI=1S/C8H17N3O2/c1-4-8(5-2,7(9)11-13)10-6(3)12/h13H,4-5H2,1-3H3,(H2,9,11)(H,10,12). The summed E-state index contributed by atoms with van der Waals surface area (Å²) in [5, 5.41) is 14.2. The number of amidine groups is 1. The molecule has 0 saturated heterocycles. The molecule has 0 aromatic carbocycles. The Morgan fingerprint density at radius 1 is 1.54 bits per heavy atom. The first kappa shape index (κ1) is 11.7. The molecule has 0 aliphatic rings. The highest BCUT2D eigenvalue weighted by Crippen LogP contribution is 2.14. The number of hydrogen-bond donors (Lipinski definition) is 3. The highest BCUT2D eigenvalue weighted by Gasteiger charge is 2.31. The van der Waals surface area contributed by atoms with Crippen LogP contribution in [0.15, 0.2) is 5.16 Å². The van der Waals surface area contributed by atoms with Gasteiger partial charge in [0.25, 0.3) is 0 Å². The monoisotopic (exact) mass is 187 g/mol. The lowest BCUT2D eigenvalue weighted by Gasteiger charge is -2.30. The second kappa shape index (κ2) is 4.69. The number of oxime groups is 1. The molecular weight excluding hydrogens is 170 g/mol. The summed E-state index contributed by atoms with van der Waals surface area (Å²) in [6.45, 7) is 5.15. The van der Waals surface area contributed by atoms with Crippen LogP contribution in [0.2, 0.25) is 0 Å². The van der Waals surface area contributed by atoms with Crippen LogP contribution in [0, 0.1) is 0 Å². The minimum absolute atomic E-state index is 0.0488. The molecule has 0 fully saturated rings. The average molecular weight is 187 g/mol. The molecule has 0 unspecified atom stereocenters. The Hall–Kier alpha value is -1.26. The zero-order valence-corrected chi connectivity index (χ0v) is 8.29. The van der Waals surface area contributed by atoms with Crippen molar-refractivity contribution in [3.63, 3.8) is 0 Å². The van der Waals surface area contributed by atoms with Gasteiger partial charge in [-0.25, -0.2) is 0 Å². The van der Waals surface area contributed by atoms with Crippen LogP contribution in [-0.2, 0) is 4.79 Å². The Morgan fingerprint density at radius 2 is 2.00 bits per heavy atom. The number of hydrogen-bond acceptors (Lipinski definition) is 3. The van der Waals surface area contributed by atoms with Crippen LogP contribution < -0.4 is 11.1 Å². The van der Waals surface area contributed by atoms with E-state index in [1.54, 1.807) is 0 Å². The zero-order chi connectivity index (χ0) is 10.5. The van der Waals surface area contributed by atoms with Crippen LogP contribution in [0.4, 0.5) is 0 Å². The van der Waals surface area contributed by atoms with E-state index in [0.717, 1.165) is 0 Å². The topological polar surface area (TPSA) is 87.7 Å². The third kappa shape index (κ3) is 2.61. The van der Waals surface area contributed by atoms with E-state index >= 15 is 0 Å². The lowest BCUT2D eigenvalue weighted by Crippen LogP contribution is -2.56. The van der Waals surface area contributed by atoms with E-state index in [-0.39, 0.29) is 11.7 Å². The molecule has 0 bridgehead atoms. The predicted octanol–water partition coefficient (Wildman–Crippen LogP) is 0.428. The van der Waals surface area contributed by atoms with Crippen molar-refractivity contribution in [1.82, 2.24) is 5.32 Å². The van der Waals surface area contributed by atoms with Crippen molar-refractivity contribution in [3.8, 4) is 0 Å².